The third kappa shape index (κ3) is 5.34. The maximum absolute atomic E-state index is 12.5. The number of nitrogens with two attached hydrogens (primary N) is 1. The molecule has 27 heavy (non-hydrogen) atoms. The normalized spacial score (nSPS) is 10.3. The summed E-state index contributed by atoms with van der Waals surface area (Å²) in [5.74, 6) is -0.973. The van der Waals surface area contributed by atoms with E-state index in [9.17, 15) is 9.18 Å². The van der Waals surface area contributed by atoms with Crippen LogP contribution in [0.3, 0.4) is 0 Å². The van der Waals surface area contributed by atoms with Crippen LogP contribution in [-0.2, 0) is 9.57 Å². The molecule has 0 bridgehead atoms. The van der Waals surface area contributed by atoms with Crippen molar-refractivity contribution in [3.8, 4) is 23.3 Å². The predicted molar refractivity (Wildman–Crippen MR) is 93.4 cm³/mol. The highest BCUT2D eigenvalue weighted by Crippen LogP contribution is 2.26. The van der Waals surface area contributed by atoms with Crippen molar-refractivity contribution < 1.29 is 23.5 Å². The van der Waals surface area contributed by atoms with E-state index in [1.807, 2.05) is 6.07 Å². The number of alkyl halides is 1. The van der Waals surface area contributed by atoms with Gasteiger partial charge in [-0.05, 0) is 12.1 Å². The van der Waals surface area contributed by atoms with E-state index in [0.29, 0.717) is 11.1 Å². The van der Waals surface area contributed by atoms with Gasteiger partial charge >= 0.3 is 0 Å². The molecule has 0 aliphatic rings. The fourth-order valence-corrected chi connectivity index (χ4v) is 2.06. The van der Waals surface area contributed by atoms with Gasteiger partial charge in [0.1, 0.15) is 24.7 Å². The number of nitrogen functional groups attached to an aromatic ring is 1. The predicted octanol–water partition coefficient (Wildman–Crippen LogP) is 1.25. The summed E-state index contributed by atoms with van der Waals surface area (Å²) in [5.41, 5.74) is 8.79. The number of hydrogen-bond donors (Lipinski definition) is 2. The Morgan fingerprint density at radius 1 is 1.33 bits per heavy atom. The maximum Gasteiger partial charge on any atom is 0.284 e. The molecule has 142 valence electrons. The molecule has 1 aromatic heterocycles. The number of ether oxygens (including phenoxy) is 2. The second-order valence-electron chi connectivity index (χ2n) is 5.12. The maximum atomic E-state index is 12.5. The summed E-state index contributed by atoms with van der Waals surface area (Å²) in [4.78, 5) is 25.5. The van der Waals surface area contributed by atoms with Crippen molar-refractivity contribution in [3.63, 3.8) is 0 Å². The minimum atomic E-state index is -0.783. The molecule has 0 radical (unpaired) electrons. The van der Waals surface area contributed by atoms with Gasteiger partial charge in [0.2, 0.25) is 5.88 Å². The number of hydroxylamine groups is 1. The highest BCUT2D eigenvalue weighted by atomic mass is 19.1. The van der Waals surface area contributed by atoms with Crippen LogP contribution in [-0.4, -0.2) is 49.5 Å². The molecule has 1 aromatic carbocycles. The zero-order chi connectivity index (χ0) is 19.6. The lowest BCUT2D eigenvalue weighted by molar-refractivity contribution is 0.00869. The monoisotopic (exact) mass is 375 g/mol. The van der Waals surface area contributed by atoms with Gasteiger partial charge in [-0.15, -0.1) is 0 Å². The van der Waals surface area contributed by atoms with Gasteiger partial charge in [-0.2, -0.15) is 10.2 Å². The van der Waals surface area contributed by atoms with Crippen molar-refractivity contribution in [1.29, 1.82) is 5.26 Å². The van der Waals surface area contributed by atoms with Crippen LogP contribution in [0.1, 0.15) is 15.9 Å². The van der Waals surface area contributed by atoms with Crippen LogP contribution in [0.4, 0.5) is 10.2 Å². The molecule has 0 unspecified atom stereocenters. The van der Waals surface area contributed by atoms with E-state index in [-0.39, 0.29) is 42.9 Å². The first kappa shape index (κ1) is 20.0. The molecule has 2 aromatic rings. The highest BCUT2D eigenvalue weighted by molar-refractivity contribution is 6.00. The van der Waals surface area contributed by atoms with Crippen molar-refractivity contribution in [2.75, 3.05) is 39.3 Å². The number of nitriles is 1. The number of benzene rings is 1. The number of anilines is 1. The molecular weight excluding hydrogens is 357 g/mol. The lowest BCUT2D eigenvalue weighted by Gasteiger charge is -2.13. The molecule has 0 aliphatic heterocycles. The zero-order valence-corrected chi connectivity index (χ0v) is 14.6. The summed E-state index contributed by atoms with van der Waals surface area (Å²) >= 11 is 0. The second kappa shape index (κ2) is 10.0. The van der Waals surface area contributed by atoms with Crippen LogP contribution < -0.4 is 16.0 Å². The molecule has 0 saturated carbocycles. The first-order valence-corrected chi connectivity index (χ1v) is 7.88. The number of rotatable bonds is 9. The highest BCUT2D eigenvalue weighted by Gasteiger charge is 2.22. The van der Waals surface area contributed by atoms with Crippen LogP contribution in [0.5, 0.6) is 5.88 Å². The molecule has 10 heteroatoms. The van der Waals surface area contributed by atoms with Crippen LogP contribution in [0.25, 0.3) is 11.4 Å². The van der Waals surface area contributed by atoms with E-state index in [1.54, 1.807) is 24.3 Å². The summed E-state index contributed by atoms with van der Waals surface area (Å²) < 4.78 is 22.6. The first-order valence-electron chi connectivity index (χ1n) is 7.88. The van der Waals surface area contributed by atoms with Crippen molar-refractivity contribution in [3.05, 3.63) is 35.4 Å². The van der Waals surface area contributed by atoms with Gasteiger partial charge < -0.3 is 15.2 Å². The van der Waals surface area contributed by atoms with E-state index >= 15 is 0 Å². The Morgan fingerprint density at radius 3 is 2.85 bits per heavy atom. The summed E-state index contributed by atoms with van der Waals surface area (Å²) in [7, 11) is 1.49. The SMILES string of the molecule is COCCONC(=O)c1c(N)nc(-c2cccc(C#N)c2)nc1OCCF. The van der Waals surface area contributed by atoms with Gasteiger partial charge in [0.15, 0.2) is 5.82 Å². The van der Waals surface area contributed by atoms with E-state index in [0.717, 1.165) is 0 Å². The molecule has 1 heterocycles. The molecular formula is C17H18FN5O4. The van der Waals surface area contributed by atoms with E-state index in [1.165, 1.54) is 7.11 Å². The molecule has 0 saturated heterocycles. The van der Waals surface area contributed by atoms with Crippen molar-refractivity contribution in [1.82, 2.24) is 15.4 Å². The van der Waals surface area contributed by atoms with Crippen molar-refractivity contribution in [2.45, 2.75) is 0 Å². The largest absolute Gasteiger partial charge is 0.474 e. The zero-order valence-electron chi connectivity index (χ0n) is 14.6. The van der Waals surface area contributed by atoms with Gasteiger partial charge in [0, 0.05) is 12.7 Å². The van der Waals surface area contributed by atoms with E-state index in [4.69, 9.17) is 25.3 Å². The van der Waals surface area contributed by atoms with Crippen LogP contribution in [0.2, 0.25) is 0 Å². The quantitative estimate of drug-likeness (QED) is 0.494. The van der Waals surface area contributed by atoms with E-state index < -0.39 is 12.6 Å². The minimum Gasteiger partial charge on any atom is -0.474 e. The summed E-state index contributed by atoms with van der Waals surface area (Å²) in [6.45, 7) is -0.720. The number of carbonyl (C=O) groups excluding carboxylic acids is 1. The average Bonchev–Trinajstić information content (AvgIpc) is 2.69. The Balaban J connectivity index is 2.36. The van der Waals surface area contributed by atoms with E-state index in [2.05, 4.69) is 15.4 Å². The van der Waals surface area contributed by atoms with Crippen molar-refractivity contribution >= 4 is 11.7 Å². The number of aromatic nitrogens is 2. The molecule has 2 rings (SSSR count). The average molecular weight is 375 g/mol. The molecule has 0 spiro atoms. The van der Waals surface area contributed by atoms with Gasteiger partial charge in [-0.1, -0.05) is 12.1 Å². The standard InChI is InChI=1S/C17H18FN5O4/c1-25-7-8-27-23-16(24)13-14(20)21-15(22-17(13)26-6-5-18)12-4-2-3-11(9-12)10-19/h2-4,9H,5-8H2,1H3,(H,23,24)(H2,20,21,22). The number of methoxy groups -OCH3 is 1. The van der Waals surface area contributed by atoms with Gasteiger partial charge in [0.25, 0.3) is 5.91 Å². The Labute approximate surface area is 154 Å². The lowest BCUT2D eigenvalue weighted by atomic mass is 10.1. The topological polar surface area (TPSA) is 132 Å². The summed E-state index contributed by atoms with van der Waals surface area (Å²) in [6, 6.07) is 8.50. The third-order valence-corrected chi connectivity index (χ3v) is 3.25. The lowest BCUT2D eigenvalue weighted by Crippen LogP contribution is -2.27. The number of carbonyl (C=O) groups is 1. The summed E-state index contributed by atoms with van der Waals surface area (Å²) in [5, 5.41) is 9.01. The molecule has 0 atom stereocenters. The minimum absolute atomic E-state index is 0.114. The van der Waals surface area contributed by atoms with Gasteiger partial charge in [0.05, 0.1) is 24.8 Å². The number of amides is 1. The number of hydrogen-bond acceptors (Lipinski definition) is 8. The van der Waals surface area contributed by atoms with Crippen molar-refractivity contribution in [2.24, 2.45) is 0 Å². The Kier molecular flexibility index (Phi) is 7.42. The Morgan fingerprint density at radius 2 is 2.15 bits per heavy atom. The number of nitrogens with one attached hydrogen (secondary N) is 1. The molecule has 1 amide bonds. The van der Waals surface area contributed by atoms with Crippen LogP contribution in [0.15, 0.2) is 24.3 Å². The number of halogens is 1. The van der Waals surface area contributed by atoms with Crippen LogP contribution in [0, 0.1) is 11.3 Å². The van der Waals surface area contributed by atoms with Gasteiger partial charge in [-0.3, -0.25) is 9.63 Å². The Hall–Kier alpha value is -3.29. The first-order chi connectivity index (χ1) is 13.1. The van der Waals surface area contributed by atoms with Crippen LogP contribution >= 0.6 is 0 Å². The molecule has 9 nitrogen and oxygen atoms in total. The fourth-order valence-electron chi connectivity index (χ4n) is 2.06. The Bertz CT molecular complexity index is 841. The number of nitrogens with zero attached hydrogens (tertiary/aromatic N) is 3. The molecule has 3 N–H and O–H groups in total. The summed E-state index contributed by atoms with van der Waals surface area (Å²) in [6.07, 6.45) is 0. The smallest absolute Gasteiger partial charge is 0.284 e. The second-order valence-corrected chi connectivity index (χ2v) is 5.12. The molecule has 0 fully saturated rings. The fraction of sp³-hybridized carbons (Fsp3) is 0.294. The van der Waals surface area contributed by atoms with Gasteiger partial charge in [-0.25, -0.2) is 14.9 Å². The molecule has 0 aliphatic carbocycles. The third-order valence-electron chi connectivity index (χ3n) is 3.25.